The third-order valence-electron chi connectivity index (χ3n) is 2.87. The van der Waals surface area contributed by atoms with E-state index in [0.29, 0.717) is 10.8 Å². The van der Waals surface area contributed by atoms with E-state index in [1.165, 1.54) is 0 Å². The lowest BCUT2D eigenvalue weighted by molar-refractivity contribution is -0.119. The van der Waals surface area contributed by atoms with Crippen LogP contribution in [0.15, 0.2) is 24.3 Å². The topological polar surface area (TPSA) is 54.0 Å². The van der Waals surface area contributed by atoms with Crippen molar-refractivity contribution < 1.29 is 4.79 Å². The Bertz CT molecular complexity index is 691. The lowest BCUT2D eigenvalue weighted by Gasteiger charge is -2.08. The number of carbonyl (C=O) groups is 1. The summed E-state index contributed by atoms with van der Waals surface area (Å²) in [5, 5.41) is 7.21. The fourth-order valence-corrected chi connectivity index (χ4v) is 1.94. The molecular formula is C15H14ClN3O. The largest absolute Gasteiger partial charge is 0.361 e. The van der Waals surface area contributed by atoms with Crippen molar-refractivity contribution in [3.05, 3.63) is 34.9 Å². The van der Waals surface area contributed by atoms with Crippen LogP contribution in [0.25, 0.3) is 10.9 Å². The van der Waals surface area contributed by atoms with Crippen LogP contribution in [-0.4, -0.2) is 24.0 Å². The summed E-state index contributed by atoms with van der Waals surface area (Å²) in [4.78, 5) is 15.9. The number of fused-ring (bicyclic) bond motifs is 1. The van der Waals surface area contributed by atoms with Crippen LogP contribution in [0.3, 0.4) is 0 Å². The Balaban J connectivity index is 2.14. The zero-order valence-electron chi connectivity index (χ0n) is 11.0. The summed E-state index contributed by atoms with van der Waals surface area (Å²) in [7, 11) is 0. The SMILES string of the molecule is C#CCNC(=O)CNc1ccc2ccc(Cl)c(C)c2n1. The van der Waals surface area contributed by atoms with Gasteiger partial charge in [-0.3, -0.25) is 4.79 Å². The molecular weight excluding hydrogens is 274 g/mol. The number of benzene rings is 1. The van der Waals surface area contributed by atoms with Gasteiger partial charge in [-0.15, -0.1) is 6.42 Å². The zero-order valence-corrected chi connectivity index (χ0v) is 11.8. The maximum Gasteiger partial charge on any atom is 0.240 e. The van der Waals surface area contributed by atoms with Crippen molar-refractivity contribution in [3.8, 4) is 12.3 Å². The van der Waals surface area contributed by atoms with E-state index in [1.54, 1.807) is 0 Å². The van der Waals surface area contributed by atoms with Gasteiger partial charge in [0.05, 0.1) is 18.6 Å². The molecule has 1 aromatic heterocycles. The minimum atomic E-state index is -0.173. The first kappa shape index (κ1) is 14.2. The van der Waals surface area contributed by atoms with E-state index < -0.39 is 0 Å². The monoisotopic (exact) mass is 287 g/mol. The molecule has 102 valence electrons. The lowest BCUT2D eigenvalue weighted by atomic mass is 10.1. The second kappa shape index (κ2) is 6.27. The van der Waals surface area contributed by atoms with Crippen LogP contribution in [-0.2, 0) is 4.79 Å². The molecule has 1 heterocycles. The van der Waals surface area contributed by atoms with Gasteiger partial charge in [0.1, 0.15) is 5.82 Å². The highest BCUT2D eigenvalue weighted by Crippen LogP contribution is 2.24. The molecule has 2 N–H and O–H groups in total. The van der Waals surface area contributed by atoms with Crippen LogP contribution in [0.1, 0.15) is 5.56 Å². The molecule has 0 aliphatic heterocycles. The van der Waals surface area contributed by atoms with Gasteiger partial charge in [0, 0.05) is 10.4 Å². The van der Waals surface area contributed by atoms with Crippen molar-refractivity contribution in [3.63, 3.8) is 0 Å². The summed E-state index contributed by atoms with van der Waals surface area (Å²) in [6.45, 7) is 2.27. The van der Waals surface area contributed by atoms with Gasteiger partial charge < -0.3 is 10.6 Å². The number of aryl methyl sites for hydroxylation is 1. The van der Waals surface area contributed by atoms with Crippen molar-refractivity contribution in [1.82, 2.24) is 10.3 Å². The van der Waals surface area contributed by atoms with Crippen molar-refractivity contribution in [2.45, 2.75) is 6.92 Å². The summed E-state index contributed by atoms with van der Waals surface area (Å²) in [6.07, 6.45) is 5.07. The molecule has 0 unspecified atom stereocenters. The molecule has 20 heavy (non-hydrogen) atoms. The Morgan fingerprint density at radius 1 is 1.40 bits per heavy atom. The van der Waals surface area contributed by atoms with E-state index >= 15 is 0 Å². The van der Waals surface area contributed by atoms with E-state index in [4.69, 9.17) is 18.0 Å². The van der Waals surface area contributed by atoms with Crippen molar-refractivity contribution in [1.29, 1.82) is 0 Å². The third-order valence-corrected chi connectivity index (χ3v) is 3.28. The van der Waals surface area contributed by atoms with E-state index in [9.17, 15) is 4.79 Å². The van der Waals surface area contributed by atoms with Crippen molar-refractivity contribution in [2.24, 2.45) is 0 Å². The number of nitrogens with zero attached hydrogens (tertiary/aromatic N) is 1. The number of amides is 1. The number of terminal acetylenes is 1. The minimum absolute atomic E-state index is 0.125. The van der Waals surface area contributed by atoms with Crippen LogP contribution in [0.4, 0.5) is 5.82 Å². The molecule has 4 nitrogen and oxygen atoms in total. The van der Waals surface area contributed by atoms with Crippen LogP contribution in [0.5, 0.6) is 0 Å². The molecule has 2 rings (SSSR count). The molecule has 0 radical (unpaired) electrons. The summed E-state index contributed by atoms with van der Waals surface area (Å²) in [5.74, 6) is 2.80. The summed E-state index contributed by atoms with van der Waals surface area (Å²) in [6, 6.07) is 7.53. The van der Waals surface area contributed by atoms with Crippen LogP contribution >= 0.6 is 11.6 Å². The number of pyridine rings is 1. The number of hydrogen-bond acceptors (Lipinski definition) is 3. The number of carbonyl (C=O) groups excluding carboxylic acids is 1. The summed E-state index contributed by atoms with van der Waals surface area (Å²) < 4.78 is 0. The first-order valence-corrected chi connectivity index (χ1v) is 6.49. The van der Waals surface area contributed by atoms with E-state index in [0.717, 1.165) is 16.5 Å². The average molecular weight is 288 g/mol. The number of nitrogens with one attached hydrogen (secondary N) is 2. The zero-order chi connectivity index (χ0) is 14.5. The molecule has 2 aromatic rings. The van der Waals surface area contributed by atoms with E-state index in [1.807, 2.05) is 31.2 Å². The highest BCUT2D eigenvalue weighted by molar-refractivity contribution is 6.32. The molecule has 0 fully saturated rings. The normalized spacial score (nSPS) is 10.1. The third kappa shape index (κ3) is 3.19. The quantitative estimate of drug-likeness (QED) is 0.849. The first-order valence-electron chi connectivity index (χ1n) is 6.11. The van der Waals surface area contributed by atoms with Crippen LogP contribution < -0.4 is 10.6 Å². The Morgan fingerprint density at radius 3 is 2.90 bits per heavy atom. The Labute approximate surface area is 122 Å². The molecule has 0 bridgehead atoms. The van der Waals surface area contributed by atoms with Crippen molar-refractivity contribution >= 4 is 34.2 Å². The molecule has 0 atom stereocenters. The second-order valence-corrected chi connectivity index (χ2v) is 4.68. The maximum absolute atomic E-state index is 11.4. The predicted molar refractivity (Wildman–Crippen MR) is 81.8 cm³/mol. The number of rotatable bonds is 4. The standard InChI is InChI=1S/C15H14ClN3O/c1-3-8-17-14(20)9-18-13-7-5-11-4-6-12(16)10(2)15(11)19-13/h1,4-7H,8-9H2,2H3,(H,17,20)(H,18,19). The van der Waals surface area contributed by atoms with Gasteiger partial charge >= 0.3 is 0 Å². The van der Waals surface area contributed by atoms with Crippen LogP contribution in [0, 0.1) is 19.3 Å². The lowest BCUT2D eigenvalue weighted by Crippen LogP contribution is -2.30. The fraction of sp³-hybridized carbons (Fsp3) is 0.200. The maximum atomic E-state index is 11.4. The smallest absolute Gasteiger partial charge is 0.240 e. The molecule has 0 aliphatic carbocycles. The first-order chi connectivity index (χ1) is 9.61. The molecule has 0 aliphatic rings. The summed E-state index contributed by atoms with van der Waals surface area (Å²) >= 11 is 6.08. The number of aromatic nitrogens is 1. The van der Waals surface area contributed by atoms with Gasteiger partial charge in [-0.2, -0.15) is 0 Å². The van der Waals surface area contributed by atoms with Crippen LogP contribution in [0.2, 0.25) is 5.02 Å². The average Bonchev–Trinajstić information content (AvgIpc) is 2.47. The van der Waals surface area contributed by atoms with Crippen molar-refractivity contribution in [2.75, 3.05) is 18.4 Å². The van der Waals surface area contributed by atoms with Gasteiger partial charge in [0.15, 0.2) is 0 Å². The Hall–Kier alpha value is -2.25. The minimum Gasteiger partial charge on any atom is -0.361 e. The molecule has 0 saturated carbocycles. The Morgan fingerprint density at radius 2 is 2.15 bits per heavy atom. The molecule has 5 heteroatoms. The van der Waals surface area contributed by atoms with Gasteiger partial charge in [0.25, 0.3) is 0 Å². The summed E-state index contributed by atoms with van der Waals surface area (Å²) in [5.41, 5.74) is 1.75. The van der Waals surface area contributed by atoms with E-state index in [-0.39, 0.29) is 19.0 Å². The predicted octanol–water partition coefficient (Wildman–Crippen LogP) is 2.36. The molecule has 1 amide bonds. The number of anilines is 1. The highest BCUT2D eigenvalue weighted by Gasteiger charge is 2.05. The van der Waals surface area contributed by atoms with Gasteiger partial charge in [-0.1, -0.05) is 23.6 Å². The highest BCUT2D eigenvalue weighted by atomic mass is 35.5. The van der Waals surface area contributed by atoms with Gasteiger partial charge in [-0.05, 0) is 30.7 Å². The number of halogens is 1. The molecule has 0 saturated heterocycles. The fourth-order valence-electron chi connectivity index (χ4n) is 1.79. The molecule has 1 aromatic carbocycles. The molecule has 0 spiro atoms. The van der Waals surface area contributed by atoms with Gasteiger partial charge in [-0.25, -0.2) is 4.98 Å². The Kier molecular flexibility index (Phi) is 4.44. The number of hydrogen-bond donors (Lipinski definition) is 2. The van der Waals surface area contributed by atoms with E-state index in [2.05, 4.69) is 21.5 Å². The van der Waals surface area contributed by atoms with Gasteiger partial charge in [0.2, 0.25) is 5.91 Å². The second-order valence-electron chi connectivity index (χ2n) is 4.28.